The van der Waals surface area contributed by atoms with Gasteiger partial charge in [-0.2, -0.15) is 0 Å². The molecule has 0 bridgehead atoms. The zero-order chi connectivity index (χ0) is 15.6. The quantitative estimate of drug-likeness (QED) is 0.881. The molecule has 1 amide bonds. The number of hydrogen-bond donors (Lipinski definition) is 2. The number of carboxylic acids is 1. The Bertz CT molecular complexity index is 725. The number of aromatic carboxylic acids is 1. The molecule has 0 atom stereocenters. The van der Waals surface area contributed by atoms with E-state index >= 15 is 0 Å². The molecule has 2 N–H and O–H groups in total. The lowest BCUT2D eigenvalue weighted by Crippen LogP contribution is -2.16. The minimum absolute atomic E-state index is 0.106. The molecular weight excluding hydrogens is 334 g/mol. The summed E-state index contributed by atoms with van der Waals surface area (Å²) in [4.78, 5) is 23.7. The highest BCUT2D eigenvalue weighted by molar-refractivity contribution is 9.10. The van der Waals surface area contributed by atoms with E-state index in [-0.39, 0.29) is 11.5 Å². The van der Waals surface area contributed by atoms with Crippen LogP contribution < -0.4 is 5.32 Å². The smallest absolute Gasteiger partial charge is 0.338 e. The van der Waals surface area contributed by atoms with Crippen molar-refractivity contribution in [1.29, 1.82) is 0 Å². The first kappa shape index (κ1) is 15.3. The second-order valence-corrected chi connectivity index (χ2v) is 5.59. The molecule has 0 aromatic heterocycles. The van der Waals surface area contributed by atoms with Crippen LogP contribution in [0.25, 0.3) is 0 Å². The van der Waals surface area contributed by atoms with E-state index < -0.39 is 5.97 Å². The zero-order valence-electron chi connectivity index (χ0n) is 11.6. The Hall–Kier alpha value is -2.14. The maximum Gasteiger partial charge on any atom is 0.338 e. The van der Waals surface area contributed by atoms with Crippen LogP contribution in [0.4, 0.5) is 5.69 Å². The van der Waals surface area contributed by atoms with Crippen molar-refractivity contribution < 1.29 is 14.7 Å². The summed E-state index contributed by atoms with van der Waals surface area (Å²) in [6, 6.07) is 10.4. The number of anilines is 1. The fourth-order valence-electron chi connectivity index (χ4n) is 2.06. The second-order valence-electron chi connectivity index (χ2n) is 4.74. The highest BCUT2D eigenvalue weighted by Crippen LogP contribution is 2.23. The molecule has 0 unspecified atom stereocenters. The minimum atomic E-state index is -1.06. The molecule has 0 aliphatic heterocycles. The summed E-state index contributed by atoms with van der Waals surface area (Å²) in [5.74, 6) is -1.41. The van der Waals surface area contributed by atoms with E-state index in [2.05, 4.69) is 21.2 Å². The molecule has 0 aliphatic rings. The molecule has 108 valence electrons. The van der Waals surface area contributed by atoms with Gasteiger partial charge in [0.1, 0.15) is 0 Å². The van der Waals surface area contributed by atoms with E-state index in [9.17, 15) is 14.7 Å². The number of aryl methyl sites for hydroxylation is 2. The lowest BCUT2D eigenvalue weighted by Gasteiger charge is -2.11. The third-order valence-electron chi connectivity index (χ3n) is 3.10. The third-order valence-corrected chi connectivity index (χ3v) is 3.79. The van der Waals surface area contributed by atoms with E-state index in [1.165, 1.54) is 0 Å². The third kappa shape index (κ3) is 3.31. The van der Waals surface area contributed by atoms with E-state index in [1.54, 1.807) is 37.3 Å². The average molecular weight is 348 g/mol. The van der Waals surface area contributed by atoms with Gasteiger partial charge in [0.05, 0.1) is 16.8 Å². The van der Waals surface area contributed by atoms with Gasteiger partial charge in [0, 0.05) is 4.47 Å². The summed E-state index contributed by atoms with van der Waals surface area (Å²) >= 11 is 3.33. The summed E-state index contributed by atoms with van der Waals surface area (Å²) in [7, 11) is 0. The van der Waals surface area contributed by atoms with Crippen molar-refractivity contribution in [1.82, 2.24) is 0 Å². The van der Waals surface area contributed by atoms with Gasteiger partial charge in [-0.3, -0.25) is 4.79 Å². The summed E-state index contributed by atoms with van der Waals surface area (Å²) in [5, 5.41) is 11.9. The number of benzene rings is 2. The first-order valence-corrected chi connectivity index (χ1v) is 7.10. The van der Waals surface area contributed by atoms with Gasteiger partial charge >= 0.3 is 5.97 Å². The van der Waals surface area contributed by atoms with Gasteiger partial charge in [0.2, 0.25) is 0 Å². The number of carboxylic acid groups (broad SMARTS) is 1. The number of hydrogen-bond acceptors (Lipinski definition) is 2. The molecule has 5 heteroatoms. The normalized spacial score (nSPS) is 10.2. The Morgan fingerprint density at radius 2 is 1.86 bits per heavy atom. The number of carbonyl (C=O) groups is 2. The van der Waals surface area contributed by atoms with Crippen molar-refractivity contribution in [3.8, 4) is 0 Å². The van der Waals surface area contributed by atoms with Crippen molar-refractivity contribution in [2.45, 2.75) is 13.8 Å². The van der Waals surface area contributed by atoms with Crippen LogP contribution in [0.1, 0.15) is 31.8 Å². The van der Waals surface area contributed by atoms with Gasteiger partial charge < -0.3 is 10.4 Å². The van der Waals surface area contributed by atoms with Crippen molar-refractivity contribution in [3.05, 3.63) is 63.1 Å². The topological polar surface area (TPSA) is 66.4 Å². The van der Waals surface area contributed by atoms with Crippen LogP contribution >= 0.6 is 15.9 Å². The summed E-state index contributed by atoms with van der Waals surface area (Å²) in [5.41, 5.74) is 2.41. The molecule has 0 aliphatic carbocycles. The molecule has 0 heterocycles. The molecule has 0 radical (unpaired) electrons. The Labute approximate surface area is 130 Å². The molecule has 0 spiro atoms. The standard InChI is InChI=1S/C16H14BrNO3/c1-9-6-7-12(17)11(8-9)15(19)18-13-5-3-4-10(2)14(13)16(20)21/h3-8H,1-2H3,(H,18,19)(H,20,21). The molecule has 21 heavy (non-hydrogen) atoms. The maximum absolute atomic E-state index is 12.3. The van der Waals surface area contributed by atoms with Crippen LogP contribution in [0.5, 0.6) is 0 Å². The number of rotatable bonds is 3. The number of nitrogens with one attached hydrogen (secondary N) is 1. The summed E-state index contributed by atoms with van der Waals surface area (Å²) in [6.07, 6.45) is 0. The number of halogens is 1. The van der Waals surface area contributed by atoms with Crippen molar-refractivity contribution >= 4 is 33.5 Å². The zero-order valence-corrected chi connectivity index (χ0v) is 13.2. The molecule has 0 saturated carbocycles. The van der Waals surface area contributed by atoms with E-state index in [1.807, 2.05) is 13.0 Å². The molecule has 4 nitrogen and oxygen atoms in total. The van der Waals surface area contributed by atoms with Crippen LogP contribution in [0, 0.1) is 13.8 Å². The average Bonchev–Trinajstić information content (AvgIpc) is 2.41. The van der Waals surface area contributed by atoms with Gasteiger partial charge in [0.25, 0.3) is 5.91 Å². The molecule has 0 fully saturated rings. The Balaban J connectivity index is 2.39. The molecular formula is C16H14BrNO3. The summed E-state index contributed by atoms with van der Waals surface area (Å²) in [6.45, 7) is 3.58. The van der Waals surface area contributed by atoms with Crippen LogP contribution in [-0.2, 0) is 0 Å². The molecule has 2 aromatic carbocycles. The first-order chi connectivity index (χ1) is 9.90. The number of carbonyl (C=O) groups excluding carboxylic acids is 1. The van der Waals surface area contributed by atoms with Gasteiger partial charge in [-0.15, -0.1) is 0 Å². The van der Waals surface area contributed by atoms with E-state index in [0.717, 1.165) is 5.56 Å². The monoisotopic (exact) mass is 347 g/mol. The Kier molecular flexibility index (Phi) is 4.43. The van der Waals surface area contributed by atoms with Crippen LogP contribution in [0.15, 0.2) is 40.9 Å². The number of amides is 1. The van der Waals surface area contributed by atoms with Crippen molar-refractivity contribution in [3.63, 3.8) is 0 Å². The lowest BCUT2D eigenvalue weighted by atomic mass is 10.1. The van der Waals surface area contributed by atoms with Crippen molar-refractivity contribution in [2.75, 3.05) is 5.32 Å². The maximum atomic E-state index is 12.3. The van der Waals surface area contributed by atoms with Crippen molar-refractivity contribution in [2.24, 2.45) is 0 Å². The fraction of sp³-hybridized carbons (Fsp3) is 0.125. The molecule has 2 rings (SSSR count). The van der Waals surface area contributed by atoms with Crippen LogP contribution in [-0.4, -0.2) is 17.0 Å². The van der Waals surface area contributed by atoms with Gasteiger partial charge in [0.15, 0.2) is 0 Å². The summed E-state index contributed by atoms with van der Waals surface area (Å²) < 4.78 is 0.662. The molecule has 0 saturated heterocycles. The lowest BCUT2D eigenvalue weighted by molar-refractivity contribution is 0.0697. The predicted molar refractivity (Wildman–Crippen MR) is 85.0 cm³/mol. The van der Waals surface area contributed by atoms with Gasteiger partial charge in [-0.05, 0) is 53.5 Å². The minimum Gasteiger partial charge on any atom is -0.478 e. The van der Waals surface area contributed by atoms with Crippen LogP contribution in [0.3, 0.4) is 0 Å². The van der Waals surface area contributed by atoms with Gasteiger partial charge in [-0.1, -0.05) is 23.8 Å². The largest absolute Gasteiger partial charge is 0.478 e. The highest BCUT2D eigenvalue weighted by Gasteiger charge is 2.17. The van der Waals surface area contributed by atoms with E-state index in [0.29, 0.717) is 21.3 Å². The van der Waals surface area contributed by atoms with Gasteiger partial charge in [-0.25, -0.2) is 4.79 Å². The Morgan fingerprint density at radius 1 is 1.14 bits per heavy atom. The predicted octanol–water partition coefficient (Wildman–Crippen LogP) is 4.02. The highest BCUT2D eigenvalue weighted by atomic mass is 79.9. The van der Waals surface area contributed by atoms with Crippen LogP contribution in [0.2, 0.25) is 0 Å². The molecule has 2 aromatic rings. The Morgan fingerprint density at radius 3 is 2.52 bits per heavy atom. The van der Waals surface area contributed by atoms with E-state index in [4.69, 9.17) is 0 Å². The fourth-order valence-corrected chi connectivity index (χ4v) is 2.49. The second kappa shape index (κ2) is 6.10. The first-order valence-electron chi connectivity index (χ1n) is 6.30. The SMILES string of the molecule is Cc1ccc(Br)c(C(=O)Nc2cccc(C)c2C(=O)O)c1.